The van der Waals surface area contributed by atoms with Crippen molar-refractivity contribution >= 4 is 45.0 Å². The number of thioether (sulfide) groups is 1. The Hall–Kier alpha value is -1.74. The monoisotopic (exact) mass is 442 g/mol. The lowest BCUT2D eigenvalue weighted by Crippen LogP contribution is -2.30. The number of nitrogens with zero attached hydrogens (tertiary/aromatic N) is 1. The van der Waals surface area contributed by atoms with E-state index >= 15 is 0 Å². The molecule has 0 atom stereocenters. The number of carbonyl (C=O) groups excluding carboxylic acids is 1. The number of hydrogen-bond donors (Lipinski definition) is 1. The maximum absolute atomic E-state index is 12.8. The van der Waals surface area contributed by atoms with Crippen molar-refractivity contribution < 1.29 is 17.9 Å². The molecule has 0 unspecified atom stereocenters. The molecule has 1 amide bonds. The van der Waals surface area contributed by atoms with Gasteiger partial charge in [-0.25, -0.2) is 8.42 Å². The van der Waals surface area contributed by atoms with Crippen LogP contribution in [0.1, 0.15) is 24.2 Å². The Kier molecular flexibility index (Phi) is 7.77. The summed E-state index contributed by atoms with van der Waals surface area (Å²) in [5, 5.41) is 3.02. The van der Waals surface area contributed by atoms with Crippen LogP contribution in [0.4, 0.5) is 5.69 Å². The SMILES string of the molecule is CCN(CC)S(=O)(=O)c1ccc(OC)c(NC(=O)c2cc(SC)ccc2Cl)c1. The van der Waals surface area contributed by atoms with Crippen LogP contribution in [-0.4, -0.2) is 45.1 Å². The molecule has 9 heteroatoms. The first-order valence-corrected chi connectivity index (χ1v) is 11.7. The molecule has 0 spiro atoms. The van der Waals surface area contributed by atoms with Crippen LogP contribution in [-0.2, 0) is 10.0 Å². The second kappa shape index (κ2) is 9.65. The fourth-order valence-corrected chi connectivity index (χ4v) is 4.78. The Morgan fingerprint density at radius 3 is 2.43 bits per heavy atom. The average molecular weight is 443 g/mol. The van der Waals surface area contributed by atoms with Gasteiger partial charge < -0.3 is 10.1 Å². The number of ether oxygens (including phenoxy) is 1. The molecule has 0 saturated heterocycles. The van der Waals surface area contributed by atoms with Crippen molar-refractivity contribution in [3.05, 3.63) is 47.0 Å². The van der Waals surface area contributed by atoms with Gasteiger partial charge in [0.05, 0.1) is 28.3 Å². The van der Waals surface area contributed by atoms with Gasteiger partial charge in [-0.2, -0.15) is 4.31 Å². The van der Waals surface area contributed by atoms with Gasteiger partial charge in [0.2, 0.25) is 10.0 Å². The normalized spacial score (nSPS) is 11.5. The van der Waals surface area contributed by atoms with Gasteiger partial charge >= 0.3 is 0 Å². The van der Waals surface area contributed by atoms with Gasteiger partial charge in [0.15, 0.2) is 0 Å². The Balaban J connectivity index is 2.44. The number of sulfonamides is 1. The van der Waals surface area contributed by atoms with Gasteiger partial charge in [0, 0.05) is 18.0 Å². The summed E-state index contributed by atoms with van der Waals surface area (Å²) in [4.78, 5) is 13.7. The molecule has 0 bridgehead atoms. The molecule has 0 fully saturated rings. The minimum absolute atomic E-state index is 0.0799. The van der Waals surface area contributed by atoms with Crippen LogP contribution in [0.25, 0.3) is 0 Å². The lowest BCUT2D eigenvalue weighted by molar-refractivity contribution is 0.102. The van der Waals surface area contributed by atoms with Crippen molar-refractivity contribution in [1.82, 2.24) is 4.31 Å². The van der Waals surface area contributed by atoms with E-state index in [0.717, 1.165) is 4.90 Å². The van der Waals surface area contributed by atoms with Crippen LogP contribution in [0.2, 0.25) is 5.02 Å². The maximum Gasteiger partial charge on any atom is 0.257 e. The number of hydrogen-bond acceptors (Lipinski definition) is 5. The predicted molar refractivity (Wildman–Crippen MR) is 114 cm³/mol. The number of carbonyl (C=O) groups is 1. The van der Waals surface area contributed by atoms with E-state index in [4.69, 9.17) is 16.3 Å². The lowest BCUT2D eigenvalue weighted by atomic mass is 10.2. The van der Waals surface area contributed by atoms with Crippen molar-refractivity contribution in [3.8, 4) is 5.75 Å². The molecule has 2 rings (SSSR count). The molecule has 1 N–H and O–H groups in total. The summed E-state index contributed by atoms with van der Waals surface area (Å²) in [5.41, 5.74) is 0.555. The molecule has 0 heterocycles. The van der Waals surface area contributed by atoms with Gasteiger partial charge in [0.1, 0.15) is 5.75 Å². The first-order valence-electron chi connectivity index (χ1n) is 8.61. The molecule has 152 valence electrons. The smallest absolute Gasteiger partial charge is 0.257 e. The maximum atomic E-state index is 12.8. The molecule has 28 heavy (non-hydrogen) atoms. The minimum Gasteiger partial charge on any atom is -0.495 e. The third kappa shape index (κ3) is 4.81. The van der Waals surface area contributed by atoms with E-state index in [-0.39, 0.29) is 10.6 Å². The zero-order valence-corrected chi connectivity index (χ0v) is 18.5. The fourth-order valence-electron chi connectivity index (χ4n) is 2.65. The summed E-state index contributed by atoms with van der Waals surface area (Å²) in [6, 6.07) is 9.54. The molecule has 0 aliphatic heterocycles. The molecule has 0 radical (unpaired) electrons. The first kappa shape index (κ1) is 22.5. The van der Waals surface area contributed by atoms with Gasteiger partial charge in [0.25, 0.3) is 5.91 Å². The third-order valence-corrected chi connectivity index (χ3v) is 7.28. The molecular formula is C19H23ClN2O4S2. The standard InChI is InChI=1S/C19H23ClN2O4S2/c1-5-22(6-2)28(24,25)14-8-10-18(26-3)17(12-14)21-19(23)15-11-13(27-4)7-9-16(15)20/h7-12H,5-6H2,1-4H3,(H,21,23). The Morgan fingerprint density at radius 2 is 1.86 bits per heavy atom. The highest BCUT2D eigenvalue weighted by Gasteiger charge is 2.23. The molecule has 6 nitrogen and oxygen atoms in total. The van der Waals surface area contributed by atoms with Crippen LogP contribution >= 0.6 is 23.4 Å². The van der Waals surface area contributed by atoms with E-state index in [1.807, 2.05) is 12.3 Å². The van der Waals surface area contributed by atoms with Crippen molar-refractivity contribution in [1.29, 1.82) is 0 Å². The lowest BCUT2D eigenvalue weighted by Gasteiger charge is -2.19. The van der Waals surface area contributed by atoms with E-state index in [1.165, 1.54) is 41.4 Å². The van der Waals surface area contributed by atoms with Gasteiger partial charge in [-0.05, 0) is 42.7 Å². The number of anilines is 1. The molecule has 0 aliphatic rings. The quantitative estimate of drug-likeness (QED) is 0.615. The first-order chi connectivity index (χ1) is 13.3. The number of benzene rings is 2. The Bertz CT molecular complexity index is 960. The highest BCUT2D eigenvalue weighted by molar-refractivity contribution is 7.98. The topological polar surface area (TPSA) is 75.7 Å². The van der Waals surface area contributed by atoms with Crippen LogP contribution in [0.5, 0.6) is 5.75 Å². The van der Waals surface area contributed by atoms with Gasteiger partial charge in [-0.1, -0.05) is 25.4 Å². The summed E-state index contributed by atoms with van der Waals surface area (Å²) in [7, 11) is -2.22. The number of nitrogens with one attached hydrogen (secondary N) is 1. The number of methoxy groups -OCH3 is 1. The molecule has 2 aromatic rings. The van der Waals surface area contributed by atoms with Crippen molar-refractivity contribution in [3.63, 3.8) is 0 Å². The Morgan fingerprint density at radius 1 is 1.18 bits per heavy atom. The average Bonchev–Trinajstić information content (AvgIpc) is 2.68. The zero-order valence-electron chi connectivity index (χ0n) is 16.2. The molecule has 0 saturated carbocycles. The number of halogens is 1. The highest BCUT2D eigenvalue weighted by atomic mass is 35.5. The third-order valence-electron chi connectivity index (χ3n) is 4.18. The second-order valence-electron chi connectivity index (χ2n) is 5.75. The van der Waals surface area contributed by atoms with Crippen LogP contribution < -0.4 is 10.1 Å². The Labute approximate surface area is 175 Å². The molecule has 2 aromatic carbocycles. The largest absolute Gasteiger partial charge is 0.495 e. The van der Waals surface area contributed by atoms with Gasteiger partial charge in [-0.3, -0.25) is 4.79 Å². The van der Waals surface area contributed by atoms with Crippen molar-refractivity contribution in [2.45, 2.75) is 23.6 Å². The minimum atomic E-state index is -3.67. The summed E-state index contributed by atoms with van der Waals surface area (Å²) in [6.07, 6.45) is 1.90. The van der Waals surface area contributed by atoms with E-state index in [1.54, 1.807) is 26.0 Å². The van der Waals surface area contributed by atoms with E-state index in [0.29, 0.717) is 29.4 Å². The number of amides is 1. The summed E-state index contributed by atoms with van der Waals surface area (Å²) >= 11 is 7.66. The molecule has 0 aliphatic carbocycles. The number of rotatable bonds is 8. The zero-order chi connectivity index (χ0) is 20.9. The molecular weight excluding hydrogens is 420 g/mol. The summed E-state index contributed by atoms with van der Waals surface area (Å²) < 4.78 is 32.2. The second-order valence-corrected chi connectivity index (χ2v) is 8.98. The van der Waals surface area contributed by atoms with Crippen molar-refractivity contribution in [2.75, 3.05) is 31.8 Å². The highest BCUT2D eigenvalue weighted by Crippen LogP contribution is 2.30. The van der Waals surface area contributed by atoms with Crippen LogP contribution in [0, 0.1) is 0 Å². The summed E-state index contributed by atoms with van der Waals surface area (Å²) in [6.45, 7) is 4.25. The fraction of sp³-hybridized carbons (Fsp3) is 0.316. The van der Waals surface area contributed by atoms with Crippen LogP contribution in [0.15, 0.2) is 46.2 Å². The van der Waals surface area contributed by atoms with E-state index in [9.17, 15) is 13.2 Å². The predicted octanol–water partition coefficient (Wildman–Crippen LogP) is 4.35. The molecule has 0 aromatic heterocycles. The summed E-state index contributed by atoms with van der Waals surface area (Å²) in [5.74, 6) is -0.0967. The van der Waals surface area contributed by atoms with Gasteiger partial charge in [-0.15, -0.1) is 11.8 Å². The van der Waals surface area contributed by atoms with E-state index in [2.05, 4.69) is 5.32 Å². The van der Waals surface area contributed by atoms with Crippen LogP contribution in [0.3, 0.4) is 0 Å². The van der Waals surface area contributed by atoms with E-state index < -0.39 is 15.9 Å². The van der Waals surface area contributed by atoms with Crippen molar-refractivity contribution in [2.24, 2.45) is 0 Å².